The van der Waals surface area contributed by atoms with Crippen molar-refractivity contribution in [3.05, 3.63) is 63.6 Å². The first-order chi connectivity index (χ1) is 15.8. The molecule has 33 heavy (non-hydrogen) atoms. The Hall–Kier alpha value is -2.48. The van der Waals surface area contributed by atoms with Gasteiger partial charge >= 0.3 is 6.09 Å². The predicted molar refractivity (Wildman–Crippen MR) is 129 cm³/mol. The van der Waals surface area contributed by atoms with E-state index >= 15 is 0 Å². The maximum Gasteiger partial charge on any atom is 0.407 e. The topological polar surface area (TPSA) is 73.3 Å². The Labute approximate surface area is 203 Å². The lowest BCUT2D eigenvalue weighted by Gasteiger charge is -2.42. The molecule has 0 saturated carbocycles. The van der Waals surface area contributed by atoms with Crippen LogP contribution in [0.25, 0.3) is 0 Å². The molecule has 2 atom stereocenters. The number of hydrogen-bond acceptors (Lipinski definition) is 4. The minimum Gasteiger partial charge on any atom is -0.465 e. The molecule has 0 aromatic heterocycles. The van der Waals surface area contributed by atoms with Crippen LogP contribution in [0.4, 0.5) is 10.5 Å². The van der Waals surface area contributed by atoms with E-state index in [1.165, 1.54) is 4.90 Å². The molecule has 2 saturated heterocycles. The van der Waals surface area contributed by atoms with Crippen molar-refractivity contribution in [2.45, 2.75) is 18.4 Å². The van der Waals surface area contributed by atoms with E-state index in [2.05, 4.69) is 4.90 Å². The number of carbonyl (C=O) groups is 2. The van der Waals surface area contributed by atoms with E-state index in [9.17, 15) is 14.7 Å². The maximum absolute atomic E-state index is 13.4. The van der Waals surface area contributed by atoms with Crippen LogP contribution in [0.5, 0.6) is 0 Å². The van der Waals surface area contributed by atoms with Gasteiger partial charge in [0.25, 0.3) is 5.91 Å². The van der Waals surface area contributed by atoms with Crippen molar-refractivity contribution in [1.29, 1.82) is 0 Å². The summed E-state index contributed by atoms with van der Waals surface area (Å²) in [7, 11) is 1.78. The maximum atomic E-state index is 13.4. The van der Waals surface area contributed by atoms with E-state index in [0.29, 0.717) is 41.8 Å². The molecule has 2 fully saturated rings. The van der Waals surface area contributed by atoms with Crippen LogP contribution in [0.1, 0.15) is 28.3 Å². The van der Waals surface area contributed by atoms with Gasteiger partial charge in [0.05, 0.1) is 23.3 Å². The van der Waals surface area contributed by atoms with Crippen molar-refractivity contribution >= 4 is 40.9 Å². The van der Waals surface area contributed by atoms with Crippen LogP contribution in [0.2, 0.25) is 10.0 Å². The second-order valence-corrected chi connectivity index (χ2v) is 9.24. The number of benzene rings is 2. The highest BCUT2D eigenvalue weighted by Crippen LogP contribution is 2.34. The van der Waals surface area contributed by atoms with Gasteiger partial charge in [-0.1, -0.05) is 29.3 Å². The number of rotatable bonds is 4. The molecule has 9 heteroatoms. The highest BCUT2D eigenvalue weighted by Gasteiger charge is 2.37. The highest BCUT2D eigenvalue weighted by atomic mass is 35.5. The quantitative estimate of drug-likeness (QED) is 0.684. The van der Waals surface area contributed by atoms with Gasteiger partial charge in [-0.25, -0.2) is 4.79 Å². The zero-order valence-corrected chi connectivity index (χ0v) is 19.9. The van der Waals surface area contributed by atoms with Crippen molar-refractivity contribution in [2.24, 2.45) is 0 Å². The standard InChI is InChI=1S/C24H27Cl2N3O4/c1-27(23(30)16-2-5-18(6-3-16)28-10-12-33-13-11-28)22-8-9-29(24(31)32)15-19(22)17-4-7-20(25)21(26)14-17/h2-7,14,19,22H,8-13,15H2,1H3,(H,31,32)/t19-,22+/m0/s1. The molecule has 2 aromatic rings. The molecule has 0 aliphatic carbocycles. The lowest BCUT2D eigenvalue weighted by atomic mass is 9.85. The SMILES string of the molecule is CN(C(=O)c1ccc(N2CCOCC2)cc1)[C@@H]1CCN(C(=O)O)C[C@H]1c1ccc(Cl)c(Cl)c1. The molecular formula is C24H27Cl2N3O4. The van der Waals surface area contributed by atoms with Gasteiger partial charge in [-0.2, -0.15) is 0 Å². The Balaban J connectivity index is 1.55. The van der Waals surface area contributed by atoms with Gasteiger partial charge < -0.3 is 24.5 Å². The number of likely N-dealkylation sites (N-methyl/N-ethyl adjacent to an activating group) is 1. The Bertz CT molecular complexity index is 1010. The van der Waals surface area contributed by atoms with Crippen LogP contribution < -0.4 is 4.90 Å². The van der Waals surface area contributed by atoms with Gasteiger partial charge in [-0.15, -0.1) is 0 Å². The number of amides is 2. The van der Waals surface area contributed by atoms with Crippen molar-refractivity contribution in [1.82, 2.24) is 9.80 Å². The van der Waals surface area contributed by atoms with E-state index in [1.54, 1.807) is 24.1 Å². The number of nitrogens with zero attached hydrogens (tertiary/aromatic N) is 3. The number of carbonyl (C=O) groups excluding carboxylic acids is 1. The molecular weight excluding hydrogens is 465 g/mol. The van der Waals surface area contributed by atoms with E-state index in [-0.39, 0.29) is 24.4 Å². The molecule has 2 amide bonds. The van der Waals surface area contributed by atoms with E-state index in [4.69, 9.17) is 27.9 Å². The molecule has 7 nitrogen and oxygen atoms in total. The summed E-state index contributed by atoms with van der Waals surface area (Å²) in [5.41, 5.74) is 2.53. The van der Waals surface area contributed by atoms with Crippen LogP contribution in [-0.2, 0) is 4.74 Å². The van der Waals surface area contributed by atoms with Gasteiger partial charge in [0.15, 0.2) is 0 Å². The smallest absolute Gasteiger partial charge is 0.407 e. The van der Waals surface area contributed by atoms with Crippen molar-refractivity contribution < 1.29 is 19.4 Å². The zero-order valence-electron chi connectivity index (χ0n) is 18.4. The van der Waals surface area contributed by atoms with Crippen LogP contribution in [0.15, 0.2) is 42.5 Å². The molecule has 176 valence electrons. The molecule has 2 heterocycles. The third-order valence-corrected chi connectivity index (χ3v) is 7.27. The van der Waals surface area contributed by atoms with Gasteiger partial charge in [0.1, 0.15) is 0 Å². The lowest BCUT2D eigenvalue weighted by molar-refractivity contribution is 0.0590. The summed E-state index contributed by atoms with van der Waals surface area (Å²) in [4.78, 5) is 30.4. The Kier molecular flexibility index (Phi) is 7.32. The first kappa shape index (κ1) is 23.7. The minimum atomic E-state index is -0.966. The van der Waals surface area contributed by atoms with Crippen LogP contribution in [0, 0.1) is 0 Å². The first-order valence-electron chi connectivity index (χ1n) is 11.0. The van der Waals surface area contributed by atoms with Gasteiger partial charge in [0.2, 0.25) is 0 Å². The fourth-order valence-corrected chi connectivity index (χ4v) is 4.94. The monoisotopic (exact) mass is 491 g/mol. The third kappa shape index (κ3) is 5.21. The van der Waals surface area contributed by atoms with Crippen molar-refractivity contribution in [2.75, 3.05) is 51.3 Å². The third-order valence-electron chi connectivity index (χ3n) is 6.53. The van der Waals surface area contributed by atoms with Crippen LogP contribution in [-0.4, -0.2) is 79.4 Å². The number of hydrogen-bond donors (Lipinski definition) is 1. The van der Waals surface area contributed by atoms with E-state index < -0.39 is 6.09 Å². The molecule has 0 radical (unpaired) electrons. The Morgan fingerprint density at radius 2 is 1.73 bits per heavy atom. The van der Waals surface area contributed by atoms with E-state index in [0.717, 1.165) is 24.3 Å². The molecule has 2 aliphatic rings. The number of anilines is 1. The summed E-state index contributed by atoms with van der Waals surface area (Å²) < 4.78 is 5.41. The normalized spacial score (nSPS) is 21.1. The summed E-state index contributed by atoms with van der Waals surface area (Å²) in [5.74, 6) is -0.312. The summed E-state index contributed by atoms with van der Waals surface area (Å²) in [6.45, 7) is 3.72. The molecule has 4 rings (SSSR count). The van der Waals surface area contributed by atoms with Gasteiger partial charge in [0, 0.05) is 56.4 Å². The molecule has 0 bridgehead atoms. The molecule has 2 aromatic carbocycles. The number of piperidine rings is 1. The van der Waals surface area contributed by atoms with Crippen LogP contribution >= 0.6 is 23.2 Å². The fraction of sp³-hybridized carbons (Fsp3) is 0.417. The molecule has 1 N–H and O–H groups in total. The Morgan fingerprint density at radius 3 is 2.36 bits per heavy atom. The van der Waals surface area contributed by atoms with Gasteiger partial charge in [-0.3, -0.25) is 4.79 Å². The molecule has 0 spiro atoms. The number of likely N-dealkylation sites (tertiary alicyclic amines) is 1. The average molecular weight is 492 g/mol. The molecule has 2 aliphatic heterocycles. The summed E-state index contributed by atoms with van der Waals surface area (Å²) in [6.07, 6.45) is -0.433. The number of morpholine rings is 1. The highest BCUT2D eigenvalue weighted by molar-refractivity contribution is 6.42. The first-order valence-corrected chi connectivity index (χ1v) is 11.7. The fourth-order valence-electron chi connectivity index (χ4n) is 4.64. The van der Waals surface area contributed by atoms with E-state index in [1.807, 2.05) is 30.3 Å². The van der Waals surface area contributed by atoms with Crippen molar-refractivity contribution in [3.63, 3.8) is 0 Å². The minimum absolute atomic E-state index is 0.0950. The largest absolute Gasteiger partial charge is 0.465 e. The van der Waals surface area contributed by atoms with Crippen LogP contribution in [0.3, 0.4) is 0 Å². The van der Waals surface area contributed by atoms with Gasteiger partial charge in [-0.05, 0) is 48.4 Å². The lowest BCUT2D eigenvalue weighted by Crippen LogP contribution is -2.51. The number of ether oxygens (including phenoxy) is 1. The predicted octanol–water partition coefficient (Wildman–Crippen LogP) is 4.44. The molecule has 0 unspecified atom stereocenters. The second kappa shape index (κ2) is 10.2. The zero-order chi connectivity index (χ0) is 23.5. The van der Waals surface area contributed by atoms with Crippen molar-refractivity contribution in [3.8, 4) is 0 Å². The average Bonchev–Trinajstić information content (AvgIpc) is 2.85. The Morgan fingerprint density at radius 1 is 1.03 bits per heavy atom. The summed E-state index contributed by atoms with van der Waals surface area (Å²) in [5, 5.41) is 10.4. The number of carboxylic acid groups (broad SMARTS) is 1. The summed E-state index contributed by atoms with van der Waals surface area (Å²) >= 11 is 12.3. The number of halogens is 2. The second-order valence-electron chi connectivity index (χ2n) is 8.43. The summed E-state index contributed by atoms with van der Waals surface area (Å²) in [6, 6.07) is 12.8.